The van der Waals surface area contributed by atoms with Crippen LogP contribution < -0.4 is 5.32 Å². The number of nitrogens with one attached hydrogen (secondary N) is 1. The van der Waals surface area contributed by atoms with Crippen LogP contribution >= 0.6 is 11.6 Å². The van der Waals surface area contributed by atoms with Crippen molar-refractivity contribution in [3.05, 3.63) is 28.8 Å². The molecule has 0 spiro atoms. The molecule has 8 heteroatoms. The number of halogens is 4. The van der Waals surface area contributed by atoms with Crippen molar-refractivity contribution in [3.63, 3.8) is 0 Å². The van der Waals surface area contributed by atoms with Gasteiger partial charge in [-0.25, -0.2) is 4.79 Å². The Morgan fingerprint density at radius 2 is 2.00 bits per heavy atom. The summed E-state index contributed by atoms with van der Waals surface area (Å²) in [5.41, 5.74) is -4.37. The summed E-state index contributed by atoms with van der Waals surface area (Å²) in [5, 5.41) is 12.4. The van der Waals surface area contributed by atoms with Gasteiger partial charge >= 0.3 is 12.3 Å². The molecule has 2 rings (SSSR count). The van der Waals surface area contributed by atoms with Crippen LogP contribution in [0.5, 0.6) is 0 Å². The predicted octanol–water partition coefficient (Wildman–Crippen LogP) is 5.10. The van der Waals surface area contributed by atoms with Gasteiger partial charge in [0.2, 0.25) is 5.60 Å². The van der Waals surface area contributed by atoms with Crippen LogP contribution in [-0.2, 0) is 10.3 Å². The van der Waals surface area contributed by atoms with Crippen molar-refractivity contribution in [1.29, 1.82) is 0 Å². The van der Waals surface area contributed by atoms with Gasteiger partial charge in [0.05, 0.1) is 12.3 Å². The molecule has 4 nitrogen and oxygen atoms in total. The fourth-order valence-electron chi connectivity index (χ4n) is 1.93. The number of anilines is 1. The lowest BCUT2D eigenvalue weighted by atomic mass is 9.91. The molecule has 0 aliphatic heterocycles. The number of hydrogen-bond acceptors (Lipinski definition) is 3. The van der Waals surface area contributed by atoms with E-state index in [-0.39, 0.29) is 23.2 Å². The summed E-state index contributed by atoms with van der Waals surface area (Å²) >= 11 is 5.78. The Hall–Kier alpha value is -1.91. The molecule has 0 unspecified atom stereocenters. The van der Waals surface area contributed by atoms with Crippen LogP contribution in [0, 0.1) is 17.8 Å². The standard InChI is InChI=1S/C16H15ClF3NO3.C2H6/c1-2-24-14(22)21-13-6-5-11(17)9-12(13)15(23,16(18,19)20)8-7-10-3-4-10;1-2/h5-6,9-10,23H,2-4H2,1H3,(H,21,22);1-2H3/t15-;/m0./s1. The van der Waals surface area contributed by atoms with Crippen LogP contribution in [0.15, 0.2) is 18.2 Å². The van der Waals surface area contributed by atoms with Gasteiger partial charge in [-0.05, 0) is 38.0 Å². The third-order valence-electron chi connectivity index (χ3n) is 3.33. The minimum atomic E-state index is -5.08. The molecule has 1 atom stereocenters. The second-order valence-corrected chi connectivity index (χ2v) is 5.72. The Morgan fingerprint density at radius 1 is 1.38 bits per heavy atom. The fraction of sp³-hybridized carbons (Fsp3) is 0.500. The highest BCUT2D eigenvalue weighted by atomic mass is 35.5. The number of hydrogen-bond donors (Lipinski definition) is 2. The van der Waals surface area contributed by atoms with Gasteiger partial charge in [0.1, 0.15) is 0 Å². The summed E-state index contributed by atoms with van der Waals surface area (Å²) in [4.78, 5) is 11.5. The largest absolute Gasteiger partial charge is 0.450 e. The summed E-state index contributed by atoms with van der Waals surface area (Å²) < 4.78 is 45.2. The van der Waals surface area contributed by atoms with Crippen LogP contribution in [0.25, 0.3) is 0 Å². The molecule has 1 aliphatic rings. The minimum absolute atomic E-state index is 0.0321. The average Bonchev–Trinajstić information content (AvgIpc) is 3.39. The van der Waals surface area contributed by atoms with Gasteiger partial charge < -0.3 is 9.84 Å². The third kappa shape index (κ3) is 5.55. The summed E-state index contributed by atoms with van der Waals surface area (Å²) in [5.74, 6) is 4.18. The van der Waals surface area contributed by atoms with Gasteiger partial charge in [-0.15, -0.1) is 0 Å². The molecule has 1 aromatic rings. The molecule has 0 aromatic heterocycles. The molecule has 1 amide bonds. The third-order valence-corrected chi connectivity index (χ3v) is 3.56. The lowest BCUT2D eigenvalue weighted by Crippen LogP contribution is -2.42. The molecule has 26 heavy (non-hydrogen) atoms. The van der Waals surface area contributed by atoms with Crippen molar-refractivity contribution in [2.75, 3.05) is 11.9 Å². The van der Waals surface area contributed by atoms with Crippen molar-refractivity contribution < 1.29 is 27.8 Å². The Bertz CT molecular complexity index is 693. The van der Waals surface area contributed by atoms with E-state index in [9.17, 15) is 23.1 Å². The van der Waals surface area contributed by atoms with Crippen molar-refractivity contribution in [3.8, 4) is 11.8 Å². The quantitative estimate of drug-likeness (QED) is 0.705. The van der Waals surface area contributed by atoms with Crippen LogP contribution in [0.1, 0.15) is 39.2 Å². The summed E-state index contributed by atoms with van der Waals surface area (Å²) in [7, 11) is 0. The van der Waals surface area contributed by atoms with E-state index in [2.05, 4.69) is 16.0 Å². The second-order valence-electron chi connectivity index (χ2n) is 5.29. The molecule has 0 heterocycles. The van der Waals surface area contributed by atoms with E-state index in [1.165, 1.54) is 6.07 Å². The number of aliphatic hydroxyl groups is 1. The summed E-state index contributed by atoms with van der Waals surface area (Å²) in [6, 6.07) is 3.38. The lowest BCUT2D eigenvalue weighted by molar-refractivity contribution is -0.240. The number of carbonyl (C=O) groups is 1. The first-order chi connectivity index (χ1) is 12.2. The topological polar surface area (TPSA) is 58.6 Å². The number of benzene rings is 1. The van der Waals surface area contributed by atoms with Crippen LogP contribution in [0.4, 0.5) is 23.7 Å². The first-order valence-corrected chi connectivity index (χ1v) is 8.60. The fourth-order valence-corrected chi connectivity index (χ4v) is 2.10. The maximum Gasteiger partial charge on any atom is 0.433 e. The van der Waals surface area contributed by atoms with Crippen molar-refractivity contribution in [2.45, 2.75) is 45.4 Å². The molecule has 144 valence electrons. The van der Waals surface area contributed by atoms with Gasteiger partial charge in [0.25, 0.3) is 0 Å². The zero-order chi connectivity index (χ0) is 20.0. The number of carbonyl (C=O) groups excluding carboxylic acids is 1. The molecule has 1 saturated carbocycles. The predicted molar refractivity (Wildman–Crippen MR) is 93.9 cm³/mol. The monoisotopic (exact) mass is 391 g/mol. The Kier molecular flexibility index (Phi) is 7.79. The van der Waals surface area contributed by atoms with Gasteiger partial charge in [-0.2, -0.15) is 13.2 Å². The second kappa shape index (κ2) is 9.15. The molecule has 1 aliphatic carbocycles. The number of amides is 1. The maximum absolute atomic E-state index is 13.5. The van der Waals surface area contributed by atoms with Crippen LogP contribution in [0.3, 0.4) is 0 Å². The number of alkyl halides is 3. The van der Waals surface area contributed by atoms with E-state index in [4.69, 9.17) is 11.6 Å². The molecular weight excluding hydrogens is 371 g/mol. The molecular formula is C18H21ClF3NO3. The molecule has 2 N–H and O–H groups in total. The van der Waals surface area contributed by atoms with Crippen molar-refractivity contribution in [2.24, 2.45) is 5.92 Å². The maximum atomic E-state index is 13.5. The highest BCUT2D eigenvalue weighted by molar-refractivity contribution is 6.30. The number of rotatable bonds is 3. The zero-order valence-electron chi connectivity index (χ0n) is 14.7. The summed E-state index contributed by atoms with van der Waals surface area (Å²) in [6.45, 7) is 5.59. The molecule has 1 aromatic carbocycles. The van der Waals surface area contributed by atoms with Crippen LogP contribution in [-0.4, -0.2) is 24.0 Å². The highest BCUT2D eigenvalue weighted by Crippen LogP contribution is 2.43. The molecule has 0 saturated heterocycles. The van der Waals surface area contributed by atoms with Gasteiger partial charge in [-0.3, -0.25) is 5.32 Å². The zero-order valence-corrected chi connectivity index (χ0v) is 15.5. The van der Waals surface area contributed by atoms with E-state index in [0.717, 1.165) is 12.1 Å². The first-order valence-electron chi connectivity index (χ1n) is 8.23. The lowest BCUT2D eigenvalue weighted by Gasteiger charge is -2.28. The first kappa shape index (κ1) is 22.1. The van der Waals surface area contributed by atoms with Crippen molar-refractivity contribution in [1.82, 2.24) is 0 Å². The van der Waals surface area contributed by atoms with E-state index in [0.29, 0.717) is 12.8 Å². The Labute approximate surface area is 155 Å². The molecule has 0 radical (unpaired) electrons. The van der Waals surface area contributed by atoms with E-state index < -0.39 is 23.4 Å². The Morgan fingerprint density at radius 3 is 2.50 bits per heavy atom. The average molecular weight is 392 g/mol. The van der Waals surface area contributed by atoms with E-state index in [1.54, 1.807) is 6.92 Å². The normalized spacial score (nSPS) is 15.5. The molecule has 1 fully saturated rings. The SMILES string of the molecule is CC.CCOC(=O)Nc1ccc(Cl)cc1[C@@](O)(C#CC1CC1)C(F)(F)F. The smallest absolute Gasteiger partial charge is 0.433 e. The van der Waals surface area contributed by atoms with Crippen molar-refractivity contribution >= 4 is 23.4 Å². The minimum Gasteiger partial charge on any atom is -0.450 e. The van der Waals surface area contributed by atoms with E-state index in [1.807, 2.05) is 19.8 Å². The molecule has 0 bridgehead atoms. The Balaban J connectivity index is 0.00000163. The highest BCUT2D eigenvalue weighted by Gasteiger charge is 2.55. The summed E-state index contributed by atoms with van der Waals surface area (Å²) in [6.07, 6.45) is -4.62. The van der Waals surface area contributed by atoms with Crippen LogP contribution in [0.2, 0.25) is 5.02 Å². The van der Waals surface area contributed by atoms with Gasteiger partial charge in [-0.1, -0.05) is 37.3 Å². The number of ether oxygens (including phenoxy) is 1. The van der Waals surface area contributed by atoms with Gasteiger partial charge in [0, 0.05) is 16.5 Å². The van der Waals surface area contributed by atoms with E-state index >= 15 is 0 Å². The van der Waals surface area contributed by atoms with Gasteiger partial charge in [0.15, 0.2) is 0 Å².